The molecule has 0 radical (unpaired) electrons. The number of aromatic nitrogens is 3. The predicted octanol–water partition coefficient (Wildman–Crippen LogP) is 2.92. The third-order valence-corrected chi connectivity index (χ3v) is 4.27. The summed E-state index contributed by atoms with van der Waals surface area (Å²) in [6, 6.07) is 6.90. The van der Waals surface area contributed by atoms with E-state index in [-0.39, 0.29) is 17.0 Å². The van der Waals surface area contributed by atoms with Crippen LogP contribution in [0.25, 0.3) is 16.9 Å². The number of carboxylic acids is 1. The molecule has 0 spiro atoms. The number of nitrogens with one attached hydrogen (secondary N) is 1. The minimum Gasteiger partial charge on any atom is -0.478 e. The van der Waals surface area contributed by atoms with E-state index in [0.717, 1.165) is 12.8 Å². The molecule has 3 aromatic rings. The quantitative estimate of drug-likeness (QED) is 0.773. The lowest BCUT2D eigenvalue weighted by atomic mass is 10.1. The summed E-state index contributed by atoms with van der Waals surface area (Å²) in [5.74, 6) is -0.534. The van der Waals surface area contributed by atoms with E-state index in [1.54, 1.807) is 24.3 Å². The predicted molar refractivity (Wildman–Crippen MR) is 85.2 cm³/mol. The molecule has 0 atom stereocenters. The number of carboxylic acid groups (broad SMARTS) is 1. The van der Waals surface area contributed by atoms with Gasteiger partial charge in [0.1, 0.15) is 5.52 Å². The van der Waals surface area contributed by atoms with Crippen LogP contribution in [0.15, 0.2) is 35.3 Å². The maximum Gasteiger partial charge on any atom is 0.337 e. The van der Waals surface area contributed by atoms with E-state index < -0.39 is 5.97 Å². The minimum atomic E-state index is -1.04. The lowest BCUT2D eigenvalue weighted by Crippen LogP contribution is -2.14. The molecule has 2 N–H and O–H groups in total. The molecule has 2 heterocycles. The summed E-state index contributed by atoms with van der Waals surface area (Å²) in [5, 5.41) is 14.3. The lowest BCUT2D eigenvalue weighted by Gasteiger charge is -2.03. The molecule has 1 aliphatic rings. The number of aromatic carboxylic acids is 1. The summed E-state index contributed by atoms with van der Waals surface area (Å²) >= 11 is 5.86. The summed E-state index contributed by atoms with van der Waals surface area (Å²) in [6.07, 6.45) is 3.22. The van der Waals surface area contributed by atoms with Crippen LogP contribution in [0.1, 0.15) is 34.7 Å². The van der Waals surface area contributed by atoms with Crippen LogP contribution < -0.4 is 5.56 Å². The van der Waals surface area contributed by atoms with Gasteiger partial charge in [0.15, 0.2) is 5.82 Å². The van der Waals surface area contributed by atoms with Crippen LogP contribution in [0, 0.1) is 0 Å². The van der Waals surface area contributed by atoms with Crippen LogP contribution in [0.5, 0.6) is 0 Å². The van der Waals surface area contributed by atoms with E-state index in [9.17, 15) is 14.7 Å². The Morgan fingerprint density at radius 3 is 2.61 bits per heavy atom. The first-order valence-electron chi connectivity index (χ1n) is 7.19. The molecule has 116 valence electrons. The van der Waals surface area contributed by atoms with Crippen LogP contribution >= 0.6 is 11.6 Å². The van der Waals surface area contributed by atoms with E-state index in [0.29, 0.717) is 27.5 Å². The first-order valence-corrected chi connectivity index (χ1v) is 7.57. The Morgan fingerprint density at radius 2 is 2.00 bits per heavy atom. The van der Waals surface area contributed by atoms with E-state index in [2.05, 4.69) is 10.1 Å². The first-order chi connectivity index (χ1) is 11.0. The number of benzene rings is 1. The van der Waals surface area contributed by atoms with Crippen molar-refractivity contribution in [2.24, 2.45) is 0 Å². The Balaban J connectivity index is 1.96. The summed E-state index contributed by atoms with van der Waals surface area (Å²) in [5.41, 5.74) is 1.43. The van der Waals surface area contributed by atoms with Crippen molar-refractivity contribution in [3.63, 3.8) is 0 Å². The number of fused-ring (bicyclic) bond motifs is 1. The van der Waals surface area contributed by atoms with Crippen molar-refractivity contribution < 1.29 is 9.90 Å². The number of halogens is 1. The van der Waals surface area contributed by atoms with Crippen molar-refractivity contribution in [3.05, 3.63) is 57.0 Å². The number of hydrogen-bond donors (Lipinski definition) is 2. The Bertz CT molecular complexity index is 984. The fourth-order valence-electron chi connectivity index (χ4n) is 2.81. The Morgan fingerprint density at radius 1 is 1.30 bits per heavy atom. The van der Waals surface area contributed by atoms with Crippen molar-refractivity contribution in [1.82, 2.24) is 14.6 Å². The van der Waals surface area contributed by atoms with Crippen LogP contribution in [0.4, 0.5) is 0 Å². The molecule has 0 aliphatic heterocycles. The average molecular weight is 330 g/mol. The molecule has 2 aromatic heterocycles. The zero-order valence-corrected chi connectivity index (χ0v) is 12.7. The highest BCUT2D eigenvalue weighted by Gasteiger charge is 2.33. The van der Waals surface area contributed by atoms with Gasteiger partial charge in [-0.15, -0.1) is 5.10 Å². The van der Waals surface area contributed by atoms with E-state index in [1.807, 2.05) is 0 Å². The number of carbonyl (C=O) groups is 1. The molecule has 4 rings (SSSR count). The van der Waals surface area contributed by atoms with Gasteiger partial charge in [0, 0.05) is 22.3 Å². The largest absolute Gasteiger partial charge is 0.478 e. The topological polar surface area (TPSA) is 87.5 Å². The normalized spacial score (nSPS) is 14.3. The Kier molecular flexibility index (Phi) is 3.02. The van der Waals surface area contributed by atoms with Gasteiger partial charge in [-0.3, -0.25) is 4.79 Å². The highest BCUT2D eigenvalue weighted by Crippen LogP contribution is 2.43. The zero-order chi connectivity index (χ0) is 16.1. The van der Waals surface area contributed by atoms with Gasteiger partial charge >= 0.3 is 5.97 Å². The smallest absolute Gasteiger partial charge is 0.337 e. The van der Waals surface area contributed by atoms with Gasteiger partial charge in [0.05, 0.1) is 5.56 Å². The Labute approximate surface area is 135 Å². The third-order valence-electron chi connectivity index (χ3n) is 4.01. The fraction of sp³-hybridized carbons (Fsp3) is 0.188. The molecule has 1 aliphatic carbocycles. The summed E-state index contributed by atoms with van der Waals surface area (Å²) in [6.45, 7) is 0. The second-order valence-electron chi connectivity index (χ2n) is 5.64. The molecule has 0 bridgehead atoms. The van der Waals surface area contributed by atoms with Crippen molar-refractivity contribution in [2.45, 2.75) is 18.8 Å². The van der Waals surface area contributed by atoms with E-state index in [4.69, 9.17) is 11.6 Å². The van der Waals surface area contributed by atoms with Crippen LogP contribution in [0.3, 0.4) is 0 Å². The molecule has 7 heteroatoms. The second-order valence-corrected chi connectivity index (χ2v) is 6.08. The van der Waals surface area contributed by atoms with Crippen LogP contribution in [-0.2, 0) is 0 Å². The molecule has 1 fully saturated rings. The molecule has 0 unspecified atom stereocenters. The van der Waals surface area contributed by atoms with Gasteiger partial charge in [0.2, 0.25) is 0 Å². The van der Waals surface area contributed by atoms with Crippen LogP contribution in [0.2, 0.25) is 5.02 Å². The number of hydrogen-bond acceptors (Lipinski definition) is 3. The van der Waals surface area contributed by atoms with Crippen molar-refractivity contribution in [2.75, 3.05) is 0 Å². The van der Waals surface area contributed by atoms with Gasteiger partial charge in [-0.25, -0.2) is 9.31 Å². The minimum absolute atomic E-state index is 0.135. The van der Waals surface area contributed by atoms with Gasteiger partial charge in [-0.05, 0) is 43.0 Å². The summed E-state index contributed by atoms with van der Waals surface area (Å²) < 4.78 is 1.37. The van der Waals surface area contributed by atoms with E-state index in [1.165, 1.54) is 10.7 Å². The van der Waals surface area contributed by atoms with Gasteiger partial charge in [-0.1, -0.05) is 11.6 Å². The van der Waals surface area contributed by atoms with Gasteiger partial charge in [-0.2, -0.15) is 0 Å². The monoisotopic (exact) mass is 329 g/mol. The molecule has 0 saturated heterocycles. The molecular weight excluding hydrogens is 318 g/mol. The second kappa shape index (κ2) is 4.96. The number of H-pyrrole nitrogens is 1. The number of aromatic amines is 1. The van der Waals surface area contributed by atoms with Gasteiger partial charge < -0.3 is 10.1 Å². The van der Waals surface area contributed by atoms with Crippen molar-refractivity contribution in [1.29, 1.82) is 0 Å². The fourth-order valence-corrected chi connectivity index (χ4v) is 2.93. The zero-order valence-electron chi connectivity index (χ0n) is 11.9. The van der Waals surface area contributed by atoms with Crippen LogP contribution in [-0.4, -0.2) is 25.7 Å². The molecule has 1 aromatic carbocycles. The Hall–Kier alpha value is -2.60. The van der Waals surface area contributed by atoms with E-state index >= 15 is 0 Å². The maximum absolute atomic E-state index is 12.5. The summed E-state index contributed by atoms with van der Waals surface area (Å²) in [7, 11) is 0. The highest BCUT2D eigenvalue weighted by atomic mass is 35.5. The first kappa shape index (κ1) is 14.0. The summed E-state index contributed by atoms with van der Waals surface area (Å²) in [4.78, 5) is 26.7. The molecule has 1 saturated carbocycles. The standard InChI is InChI=1S/C16H12ClN3O3/c17-10-5-3-9(4-6-10)14-18-15(21)13-12(8-1-2-8)11(16(22)23)7-20(13)19-14/h3-8H,1-2H2,(H,22,23)(H,18,19,21). The number of nitrogens with zero attached hydrogens (tertiary/aromatic N) is 2. The average Bonchev–Trinajstić information content (AvgIpc) is 3.27. The molecule has 23 heavy (non-hydrogen) atoms. The maximum atomic E-state index is 12.5. The lowest BCUT2D eigenvalue weighted by molar-refractivity contribution is 0.0696. The van der Waals surface area contributed by atoms with Crippen molar-refractivity contribution in [3.8, 4) is 11.4 Å². The number of rotatable bonds is 3. The van der Waals surface area contributed by atoms with Crippen molar-refractivity contribution >= 4 is 23.1 Å². The highest BCUT2D eigenvalue weighted by molar-refractivity contribution is 6.30. The molecular formula is C16H12ClN3O3. The SMILES string of the molecule is O=C(O)c1cn2nc(-c3ccc(Cl)cc3)[nH]c(=O)c2c1C1CC1. The van der Waals surface area contributed by atoms with Gasteiger partial charge in [0.25, 0.3) is 5.56 Å². The molecule has 6 nitrogen and oxygen atoms in total. The molecule has 0 amide bonds. The third kappa shape index (κ3) is 2.31.